The number of hydrogen-bond donors (Lipinski definition) is 1. The molecule has 2 aromatic rings. The third kappa shape index (κ3) is 6.21. The number of rotatable bonds is 10. The maximum Gasteiger partial charge on any atom is 0.104 e. The lowest BCUT2D eigenvalue weighted by Gasteiger charge is -2.03. The van der Waals surface area contributed by atoms with Gasteiger partial charge in [-0.2, -0.15) is 0 Å². The van der Waals surface area contributed by atoms with Crippen LogP contribution in [0, 0.1) is 13.8 Å². The first-order valence-corrected chi connectivity index (χ1v) is 8.03. The summed E-state index contributed by atoms with van der Waals surface area (Å²) in [6.45, 7) is 6.33. The van der Waals surface area contributed by atoms with Crippen molar-refractivity contribution in [3.63, 3.8) is 0 Å². The molecule has 0 bridgehead atoms. The van der Waals surface area contributed by atoms with E-state index in [4.69, 9.17) is 8.83 Å². The van der Waals surface area contributed by atoms with E-state index in [1.54, 1.807) is 0 Å². The molecule has 0 saturated carbocycles. The minimum Gasteiger partial charge on any atom is -0.469 e. The summed E-state index contributed by atoms with van der Waals surface area (Å²) in [7, 11) is 0. The topological polar surface area (TPSA) is 38.3 Å². The van der Waals surface area contributed by atoms with Gasteiger partial charge in [-0.25, -0.2) is 0 Å². The molecule has 3 heteroatoms. The van der Waals surface area contributed by atoms with E-state index >= 15 is 0 Å². The maximum atomic E-state index is 5.44. The molecule has 3 nitrogen and oxygen atoms in total. The van der Waals surface area contributed by atoms with Crippen LogP contribution in [0.4, 0.5) is 0 Å². The highest BCUT2D eigenvalue weighted by Gasteiger charge is 1.99. The summed E-state index contributed by atoms with van der Waals surface area (Å²) in [5.41, 5.74) is 2.43. The fraction of sp³-hybridized carbons (Fsp3) is 0.556. The number of furan rings is 2. The number of unbranched alkanes of at least 4 members (excludes halogenated alkanes) is 2. The second kappa shape index (κ2) is 8.73. The molecule has 0 fully saturated rings. The smallest absolute Gasteiger partial charge is 0.104 e. The van der Waals surface area contributed by atoms with Crippen molar-refractivity contribution in [2.24, 2.45) is 0 Å². The van der Waals surface area contributed by atoms with Crippen LogP contribution in [0.15, 0.2) is 33.5 Å². The Morgan fingerprint density at radius 3 is 1.62 bits per heavy atom. The van der Waals surface area contributed by atoms with Crippen molar-refractivity contribution in [2.45, 2.75) is 52.4 Å². The van der Waals surface area contributed by atoms with Gasteiger partial charge >= 0.3 is 0 Å². The third-order valence-corrected chi connectivity index (χ3v) is 3.62. The monoisotopic (exact) mass is 289 g/mol. The molecule has 2 heterocycles. The average Bonchev–Trinajstić information content (AvgIpc) is 3.06. The number of aryl methyl sites for hydroxylation is 4. The van der Waals surface area contributed by atoms with E-state index in [2.05, 4.69) is 31.3 Å². The van der Waals surface area contributed by atoms with Crippen LogP contribution in [0.3, 0.4) is 0 Å². The number of hydrogen-bond acceptors (Lipinski definition) is 3. The van der Waals surface area contributed by atoms with Crippen LogP contribution < -0.4 is 5.32 Å². The molecule has 0 unspecified atom stereocenters. The number of nitrogens with one attached hydrogen (secondary N) is 1. The van der Waals surface area contributed by atoms with Gasteiger partial charge in [0, 0.05) is 12.8 Å². The van der Waals surface area contributed by atoms with E-state index in [0.29, 0.717) is 0 Å². The Balaban J connectivity index is 1.40. The van der Waals surface area contributed by atoms with Crippen LogP contribution >= 0.6 is 0 Å². The van der Waals surface area contributed by atoms with Crippen LogP contribution in [0.1, 0.15) is 48.3 Å². The molecule has 2 rings (SSSR count). The molecule has 0 aliphatic carbocycles. The Morgan fingerprint density at radius 1 is 0.762 bits per heavy atom. The van der Waals surface area contributed by atoms with Crippen LogP contribution in [-0.4, -0.2) is 13.1 Å². The molecular formula is C18H27NO2. The van der Waals surface area contributed by atoms with Gasteiger partial charge in [0.15, 0.2) is 0 Å². The predicted molar refractivity (Wildman–Crippen MR) is 85.6 cm³/mol. The minimum atomic E-state index is 1.05. The van der Waals surface area contributed by atoms with Crippen molar-refractivity contribution in [3.05, 3.63) is 47.3 Å². The standard InChI is InChI=1S/C18H27NO2/c1-15-11-17(20-13-15)7-3-5-9-19-10-6-4-8-18-12-16(2)14-21-18/h11-14,19H,3-10H2,1-2H3. The van der Waals surface area contributed by atoms with Gasteiger partial charge in [0.2, 0.25) is 0 Å². The molecule has 0 atom stereocenters. The highest BCUT2D eigenvalue weighted by Crippen LogP contribution is 2.10. The Hall–Kier alpha value is -1.48. The van der Waals surface area contributed by atoms with Crippen LogP contribution in [-0.2, 0) is 12.8 Å². The van der Waals surface area contributed by atoms with Crippen molar-refractivity contribution in [1.82, 2.24) is 5.32 Å². The normalized spacial score (nSPS) is 11.1. The van der Waals surface area contributed by atoms with Gasteiger partial charge in [0.1, 0.15) is 11.5 Å². The van der Waals surface area contributed by atoms with Gasteiger partial charge in [0.05, 0.1) is 12.5 Å². The Labute approximate surface area is 127 Å². The zero-order valence-corrected chi connectivity index (χ0v) is 13.3. The Morgan fingerprint density at radius 2 is 1.24 bits per heavy atom. The van der Waals surface area contributed by atoms with Crippen LogP contribution in [0.25, 0.3) is 0 Å². The van der Waals surface area contributed by atoms with Crippen molar-refractivity contribution in [2.75, 3.05) is 13.1 Å². The first kappa shape index (κ1) is 15.9. The van der Waals surface area contributed by atoms with Gasteiger partial charge in [-0.1, -0.05) is 0 Å². The van der Waals surface area contributed by atoms with Gasteiger partial charge in [-0.3, -0.25) is 0 Å². The fourth-order valence-corrected chi connectivity index (χ4v) is 2.47. The van der Waals surface area contributed by atoms with Crippen LogP contribution in [0.5, 0.6) is 0 Å². The molecule has 0 aromatic carbocycles. The lowest BCUT2D eigenvalue weighted by atomic mass is 10.2. The lowest BCUT2D eigenvalue weighted by molar-refractivity contribution is 0.486. The average molecular weight is 289 g/mol. The zero-order chi connectivity index (χ0) is 14.9. The molecule has 116 valence electrons. The van der Waals surface area contributed by atoms with E-state index in [-0.39, 0.29) is 0 Å². The van der Waals surface area contributed by atoms with Crippen molar-refractivity contribution >= 4 is 0 Å². The maximum absolute atomic E-state index is 5.44. The molecule has 21 heavy (non-hydrogen) atoms. The van der Waals surface area contributed by atoms with E-state index in [1.807, 2.05) is 12.5 Å². The lowest BCUT2D eigenvalue weighted by Crippen LogP contribution is -2.16. The summed E-state index contributed by atoms with van der Waals surface area (Å²) in [6, 6.07) is 4.26. The van der Waals surface area contributed by atoms with E-state index in [9.17, 15) is 0 Å². The largest absolute Gasteiger partial charge is 0.469 e. The van der Waals surface area contributed by atoms with E-state index in [1.165, 1.54) is 36.8 Å². The molecule has 2 aromatic heterocycles. The van der Waals surface area contributed by atoms with Gasteiger partial charge in [-0.05, 0) is 75.9 Å². The van der Waals surface area contributed by atoms with Crippen molar-refractivity contribution in [3.8, 4) is 0 Å². The third-order valence-electron chi connectivity index (χ3n) is 3.62. The summed E-state index contributed by atoms with van der Waals surface area (Å²) in [5, 5.41) is 3.51. The second-order valence-electron chi connectivity index (χ2n) is 5.84. The molecule has 0 amide bonds. The molecule has 1 N–H and O–H groups in total. The first-order chi connectivity index (χ1) is 10.2. The molecular weight excluding hydrogens is 262 g/mol. The molecule has 0 aliphatic rings. The van der Waals surface area contributed by atoms with Gasteiger partial charge in [-0.15, -0.1) is 0 Å². The predicted octanol–water partition coefficient (Wildman–Crippen LogP) is 4.42. The summed E-state index contributed by atoms with van der Waals surface area (Å²) < 4.78 is 10.9. The van der Waals surface area contributed by atoms with E-state index < -0.39 is 0 Å². The Kier molecular flexibility index (Phi) is 6.61. The molecule has 0 spiro atoms. The van der Waals surface area contributed by atoms with Gasteiger partial charge < -0.3 is 14.2 Å². The SMILES string of the molecule is Cc1coc(CCCCNCCCCc2cc(C)co2)c1. The molecule has 0 saturated heterocycles. The summed E-state index contributed by atoms with van der Waals surface area (Å²) in [6.07, 6.45) is 10.5. The minimum absolute atomic E-state index is 1.05. The fourth-order valence-electron chi connectivity index (χ4n) is 2.47. The van der Waals surface area contributed by atoms with Gasteiger partial charge in [0.25, 0.3) is 0 Å². The quantitative estimate of drug-likeness (QED) is 0.658. The highest BCUT2D eigenvalue weighted by atomic mass is 16.3. The summed E-state index contributed by atoms with van der Waals surface area (Å²) in [4.78, 5) is 0. The van der Waals surface area contributed by atoms with Crippen molar-refractivity contribution < 1.29 is 8.83 Å². The second-order valence-corrected chi connectivity index (χ2v) is 5.84. The summed E-state index contributed by atoms with van der Waals surface area (Å²) >= 11 is 0. The first-order valence-electron chi connectivity index (χ1n) is 8.03. The summed E-state index contributed by atoms with van der Waals surface area (Å²) in [5.74, 6) is 2.22. The van der Waals surface area contributed by atoms with E-state index in [0.717, 1.165) is 37.5 Å². The Bertz CT molecular complexity index is 467. The molecule has 0 radical (unpaired) electrons. The van der Waals surface area contributed by atoms with Crippen LogP contribution in [0.2, 0.25) is 0 Å². The highest BCUT2D eigenvalue weighted by molar-refractivity contribution is 5.10. The zero-order valence-electron chi connectivity index (χ0n) is 13.3. The van der Waals surface area contributed by atoms with Crippen molar-refractivity contribution in [1.29, 1.82) is 0 Å². The molecule has 0 aliphatic heterocycles.